The van der Waals surface area contributed by atoms with Gasteiger partial charge in [0.2, 0.25) is 11.8 Å². The lowest BCUT2D eigenvalue weighted by Crippen LogP contribution is -2.49. The van der Waals surface area contributed by atoms with Gasteiger partial charge in [-0.1, -0.05) is 37.3 Å². The highest BCUT2D eigenvalue weighted by atomic mass is 19.1. The highest BCUT2D eigenvalue weighted by Crippen LogP contribution is 2.19. The second-order valence-corrected chi connectivity index (χ2v) is 7.26. The molecule has 0 unspecified atom stereocenters. The van der Waals surface area contributed by atoms with Crippen molar-refractivity contribution in [2.45, 2.75) is 25.7 Å². The molecule has 2 amide bonds. The fourth-order valence-electron chi connectivity index (χ4n) is 3.70. The van der Waals surface area contributed by atoms with E-state index < -0.39 is 0 Å². The standard InChI is InChI=1S/C23H28FN3O2/c1-2-21(18-6-4-3-5-7-18)23(29)25-13-12-22(28)27-16-14-26(15-17-27)20-10-8-19(24)9-11-20/h3-11,21H,2,12-17H2,1H3,(H,25,29)/t21-/m1/s1. The first-order valence-electron chi connectivity index (χ1n) is 10.2. The van der Waals surface area contributed by atoms with E-state index in [1.165, 1.54) is 12.1 Å². The zero-order valence-corrected chi connectivity index (χ0v) is 16.8. The Labute approximate surface area is 171 Å². The number of amides is 2. The Bertz CT molecular complexity index is 803. The smallest absolute Gasteiger partial charge is 0.227 e. The van der Waals surface area contributed by atoms with Crippen molar-refractivity contribution in [1.82, 2.24) is 10.2 Å². The second-order valence-electron chi connectivity index (χ2n) is 7.26. The summed E-state index contributed by atoms with van der Waals surface area (Å²) >= 11 is 0. The van der Waals surface area contributed by atoms with Crippen molar-refractivity contribution in [3.63, 3.8) is 0 Å². The molecule has 1 fully saturated rings. The van der Waals surface area contributed by atoms with Gasteiger partial charge < -0.3 is 15.1 Å². The molecule has 0 spiro atoms. The zero-order chi connectivity index (χ0) is 20.6. The molecule has 0 aromatic heterocycles. The van der Waals surface area contributed by atoms with Gasteiger partial charge in [-0.3, -0.25) is 9.59 Å². The Hall–Kier alpha value is -2.89. The highest BCUT2D eigenvalue weighted by Gasteiger charge is 2.22. The van der Waals surface area contributed by atoms with Crippen LogP contribution in [-0.2, 0) is 9.59 Å². The van der Waals surface area contributed by atoms with Crippen molar-refractivity contribution < 1.29 is 14.0 Å². The van der Waals surface area contributed by atoms with Gasteiger partial charge in [-0.25, -0.2) is 4.39 Å². The van der Waals surface area contributed by atoms with Crippen LogP contribution in [0.1, 0.15) is 31.2 Å². The third-order valence-corrected chi connectivity index (χ3v) is 5.39. The molecule has 29 heavy (non-hydrogen) atoms. The van der Waals surface area contributed by atoms with E-state index in [4.69, 9.17) is 0 Å². The van der Waals surface area contributed by atoms with E-state index in [-0.39, 0.29) is 23.5 Å². The number of rotatable bonds is 7. The summed E-state index contributed by atoms with van der Waals surface area (Å²) in [5, 5.41) is 2.91. The van der Waals surface area contributed by atoms with Crippen molar-refractivity contribution in [3.8, 4) is 0 Å². The third kappa shape index (κ3) is 5.56. The van der Waals surface area contributed by atoms with Crippen LogP contribution in [0.5, 0.6) is 0 Å². The number of nitrogens with one attached hydrogen (secondary N) is 1. The summed E-state index contributed by atoms with van der Waals surface area (Å²) in [6, 6.07) is 16.1. The van der Waals surface area contributed by atoms with Crippen LogP contribution < -0.4 is 10.2 Å². The largest absolute Gasteiger partial charge is 0.368 e. The number of hydrogen-bond acceptors (Lipinski definition) is 3. The lowest BCUT2D eigenvalue weighted by atomic mass is 9.96. The maximum atomic E-state index is 13.1. The summed E-state index contributed by atoms with van der Waals surface area (Å²) in [6.07, 6.45) is 1.02. The summed E-state index contributed by atoms with van der Waals surface area (Å²) in [6.45, 7) is 5.03. The molecule has 1 heterocycles. The van der Waals surface area contributed by atoms with Crippen LogP contribution in [0.4, 0.5) is 10.1 Å². The zero-order valence-electron chi connectivity index (χ0n) is 16.8. The first-order chi connectivity index (χ1) is 14.1. The first-order valence-corrected chi connectivity index (χ1v) is 10.2. The minimum atomic E-state index is -0.248. The molecule has 0 bridgehead atoms. The predicted octanol–water partition coefficient (Wildman–Crippen LogP) is 3.17. The predicted molar refractivity (Wildman–Crippen MR) is 112 cm³/mol. The highest BCUT2D eigenvalue weighted by molar-refractivity contribution is 5.84. The van der Waals surface area contributed by atoms with Gasteiger partial charge in [-0.15, -0.1) is 0 Å². The molecule has 0 saturated carbocycles. The van der Waals surface area contributed by atoms with E-state index in [0.29, 0.717) is 26.1 Å². The molecule has 0 radical (unpaired) electrons. The van der Waals surface area contributed by atoms with Crippen molar-refractivity contribution in [1.29, 1.82) is 0 Å². The molecule has 6 heteroatoms. The van der Waals surface area contributed by atoms with Gasteiger partial charge in [0.15, 0.2) is 0 Å². The van der Waals surface area contributed by atoms with Crippen molar-refractivity contribution in [2.75, 3.05) is 37.6 Å². The van der Waals surface area contributed by atoms with Crippen LogP contribution in [0.25, 0.3) is 0 Å². The quantitative estimate of drug-likeness (QED) is 0.781. The topological polar surface area (TPSA) is 52.7 Å². The molecule has 1 aliphatic heterocycles. The number of benzene rings is 2. The fourth-order valence-corrected chi connectivity index (χ4v) is 3.70. The number of anilines is 1. The van der Waals surface area contributed by atoms with E-state index in [9.17, 15) is 14.0 Å². The van der Waals surface area contributed by atoms with Gasteiger partial charge in [0.25, 0.3) is 0 Å². The number of carbonyl (C=O) groups is 2. The maximum Gasteiger partial charge on any atom is 0.227 e. The van der Waals surface area contributed by atoms with Gasteiger partial charge in [0.1, 0.15) is 5.82 Å². The molecule has 2 aromatic rings. The number of hydrogen-bond donors (Lipinski definition) is 1. The van der Waals surface area contributed by atoms with Crippen LogP contribution in [0, 0.1) is 5.82 Å². The van der Waals surface area contributed by atoms with Crippen LogP contribution in [0.15, 0.2) is 54.6 Å². The molecule has 5 nitrogen and oxygen atoms in total. The first kappa shape index (κ1) is 20.8. The summed E-state index contributed by atoms with van der Waals surface area (Å²) in [7, 11) is 0. The van der Waals surface area contributed by atoms with Crippen LogP contribution in [0.3, 0.4) is 0 Å². The van der Waals surface area contributed by atoms with E-state index in [0.717, 1.165) is 30.8 Å². The average molecular weight is 397 g/mol. The van der Waals surface area contributed by atoms with Crippen LogP contribution in [0.2, 0.25) is 0 Å². The molecule has 2 aromatic carbocycles. The molecule has 154 valence electrons. The van der Waals surface area contributed by atoms with Gasteiger partial charge in [-0.05, 0) is 36.2 Å². The van der Waals surface area contributed by atoms with Crippen molar-refractivity contribution in [2.24, 2.45) is 0 Å². The van der Waals surface area contributed by atoms with E-state index >= 15 is 0 Å². The van der Waals surface area contributed by atoms with Crippen LogP contribution >= 0.6 is 0 Å². The molecule has 1 saturated heterocycles. The monoisotopic (exact) mass is 397 g/mol. The molecule has 1 atom stereocenters. The molecule has 1 N–H and O–H groups in total. The molecule has 3 rings (SSSR count). The molecular weight excluding hydrogens is 369 g/mol. The van der Waals surface area contributed by atoms with Gasteiger partial charge in [0, 0.05) is 44.8 Å². The average Bonchev–Trinajstić information content (AvgIpc) is 2.75. The summed E-state index contributed by atoms with van der Waals surface area (Å²) < 4.78 is 13.1. The Kier molecular flexibility index (Phi) is 7.22. The second kappa shape index (κ2) is 10.0. The minimum absolute atomic E-state index is 0.0346. The van der Waals surface area contributed by atoms with Crippen molar-refractivity contribution >= 4 is 17.5 Å². The Morgan fingerprint density at radius 1 is 1.00 bits per heavy atom. The van der Waals surface area contributed by atoms with E-state index in [1.807, 2.05) is 42.2 Å². The van der Waals surface area contributed by atoms with Gasteiger partial charge >= 0.3 is 0 Å². The summed E-state index contributed by atoms with van der Waals surface area (Å²) in [5.74, 6) is -0.419. The number of halogens is 1. The number of carbonyl (C=O) groups excluding carboxylic acids is 2. The Morgan fingerprint density at radius 2 is 1.66 bits per heavy atom. The molecule has 1 aliphatic rings. The number of piperazine rings is 1. The molecular formula is C23H28FN3O2. The SMILES string of the molecule is CC[C@@H](C(=O)NCCC(=O)N1CCN(c2ccc(F)cc2)CC1)c1ccccc1. The molecule has 0 aliphatic carbocycles. The van der Waals surface area contributed by atoms with Crippen molar-refractivity contribution in [3.05, 3.63) is 66.0 Å². The fraction of sp³-hybridized carbons (Fsp3) is 0.391. The van der Waals surface area contributed by atoms with Gasteiger partial charge in [0.05, 0.1) is 5.92 Å². The lowest BCUT2D eigenvalue weighted by Gasteiger charge is -2.36. The Balaban J connectivity index is 1.42. The number of nitrogens with zero attached hydrogens (tertiary/aromatic N) is 2. The third-order valence-electron chi connectivity index (χ3n) is 5.39. The van der Waals surface area contributed by atoms with E-state index in [2.05, 4.69) is 10.2 Å². The minimum Gasteiger partial charge on any atom is -0.368 e. The maximum absolute atomic E-state index is 13.1. The lowest BCUT2D eigenvalue weighted by molar-refractivity contribution is -0.131. The normalized spacial score (nSPS) is 15.1. The van der Waals surface area contributed by atoms with Crippen LogP contribution in [-0.4, -0.2) is 49.4 Å². The van der Waals surface area contributed by atoms with E-state index in [1.54, 1.807) is 12.1 Å². The Morgan fingerprint density at radius 3 is 2.28 bits per heavy atom. The summed E-state index contributed by atoms with van der Waals surface area (Å²) in [5.41, 5.74) is 1.97. The summed E-state index contributed by atoms with van der Waals surface area (Å²) in [4.78, 5) is 29.0. The van der Waals surface area contributed by atoms with Gasteiger partial charge in [-0.2, -0.15) is 0 Å².